The number of hydrogen-bond donors (Lipinski definition) is 1. The van der Waals surface area contributed by atoms with Crippen LogP contribution in [0.1, 0.15) is 26.3 Å². The Morgan fingerprint density at radius 2 is 1.94 bits per heavy atom. The Hall–Kier alpha value is -1.13. The predicted octanol–water partition coefficient (Wildman–Crippen LogP) is 3.01. The van der Waals surface area contributed by atoms with Gasteiger partial charge < -0.3 is 5.11 Å². The van der Waals surface area contributed by atoms with Crippen LogP contribution in [-0.2, 0) is 0 Å². The Balaban J connectivity index is 2.87. The van der Waals surface area contributed by atoms with Gasteiger partial charge in [0.2, 0.25) is 5.78 Å². The van der Waals surface area contributed by atoms with E-state index in [4.69, 9.17) is 11.6 Å². The first kappa shape index (κ1) is 11.4. The van der Waals surface area contributed by atoms with E-state index >= 15 is 0 Å². The molecule has 0 bridgehead atoms. The number of allylic oxidation sites excluding steroid dienone is 2. The van der Waals surface area contributed by atoms with Gasteiger partial charge in [0.15, 0.2) is 5.78 Å². The zero-order valence-corrected chi connectivity index (χ0v) is 10.5. The lowest BCUT2D eigenvalue weighted by Crippen LogP contribution is -2.15. The minimum atomic E-state index is -0.436. The molecule has 1 aromatic rings. The quantitative estimate of drug-likeness (QED) is 0.801. The number of aryl methyl sites for hydroxylation is 1. The molecule has 0 aromatic heterocycles. The standard InChI is InChI=1S/C11H6BrClO3/c1-4-2-6(14)9-8(10(4)13)7(15)3-5(12)11(9)16/h2-3,14H,1H3. The van der Waals surface area contributed by atoms with Gasteiger partial charge in [-0.25, -0.2) is 0 Å². The van der Waals surface area contributed by atoms with Crippen molar-refractivity contribution in [2.24, 2.45) is 0 Å². The molecule has 0 saturated carbocycles. The smallest absolute Gasteiger partial charge is 0.204 e. The number of carbonyl (C=O) groups is 2. The number of ketones is 2. The van der Waals surface area contributed by atoms with E-state index in [1.54, 1.807) is 6.92 Å². The molecule has 1 aromatic carbocycles. The van der Waals surface area contributed by atoms with Gasteiger partial charge in [-0.3, -0.25) is 9.59 Å². The third-order valence-electron chi connectivity index (χ3n) is 2.37. The summed E-state index contributed by atoms with van der Waals surface area (Å²) in [6.07, 6.45) is 1.16. The van der Waals surface area contributed by atoms with Crippen LogP contribution in [0.25, 0.3) is 0 Å². The molecular weight excluding hydrogens is 295 g/mol. The average molecular weight is 302 g/mol. The molecule has 16 heavy (non-hydrogen) atoms. The molecule has 0 atom stereocenters. The average Bonchev–Trinajstić information content (AvgIpc) is 2.20. The Bertz CT molecular complexity index is 561. The molecule has 1 aliphatic carbocycles. The van der Waals surface area contributed by atoms with Gasteiger partial charge in [-0.1, -0.05) is 11.6 Å². The van der Waals surface area contributed by atoms with Crippen molar-refractivity contribution in [1.82, 2.24) is 0 Å². The Morgan fingerprint density at radius 1 is 1.31 bits per heavy atom. The molecule has 1 aliphatic rings. The van der Waals surface area contributed by atoms with Gasteiger partial charge in [-0.15, -0.1) is 0 Å². The van der Waals surface area contributed by atoms with Crippen LogP contribution in [0, 0.1) is 6.92 Å². The van der Waals surface area contributed by atoms with Crippen LogP contribution < -0.4 is 0 Å². The second-order valence-electron chi connectivity index (χ2n) is 3.46. The van der Waals surface area contributed by atoms with Crippen LogP contribution in [0.3, 0.4) is 0 Å². The van der Waals surface area contributed by atoms with Gasteiger partial charge in [0.1, 0.15) is 5.75 Å². The molecule has 5 heteroatoms. The summed E-state index contributed by atoms with van der Waals surface area (Å²) in [5.74, 6) is -1.04. The van der Waals surface area contributed by atoms with E-state index < -0.39 is 5.78 Å². The maximum absolute atomic E-state index is 11.8. The summed E-state index contributed by atoms with van der Waals surface area (Å²) >= 11 is 8.94. The molecule has 0 aliphatic heterocycles. The zero-order valence-electron chi connectivity index (χ0n) is 8.17. The number of hydrogen-bond acceptors (Lipinski definition) is 3. The first-order valence-electron chi connectivity index (χ1n) is 4.41. The van der Waals surface area contributed by atoms with Crippen molar-refractivity contribution in [2.75, 3.05) is 0 Å². The maximum Gasteiger partial charge on any atom is 0.204 e. The third kappa shape index (κ3) is 1.49. The van der Waals surface area contributed by atoms with E-state index in [2.05, 4.69) is 15.9 Å². The van der Waals surface area contributed by atoms with Gasteiger partial charge in [-0.2, -0.15) is 0 Å². The number of carbonyl (C=O) groups excluding carboxylic acids is 2. The molecule has 0 unspecified atom stereocenters. The normalized spacial score (nSPS) is 14.8. The van der Waals surface area contributed by atoms with Crippen LogP contribution in [0.2, 0.25) is 5.02 Å². The summed E-state index contributed by atoms with van der Waals surface area (Å²) in [7, 11) is 0. The molecule has 82 valence electrons. The third-order valence-corrected chi connectivity index (χ3v) is 3.45. The number of benzene rings is 1. The highest BCUT2D eigenvalue weighted by atomic mass is 79.9. The molecule has 0 amide bonds. The lowest BCUT2D eigenvalue weighted by molar-refractivity contribution is 0.0989. The van der Waals surface area contributed by atoms with E-state index in [0.29, 0.717) is 5.56 Å². The van der Waals surface area contributed by atoms with Crippen molar-refractivity contribution in [1.29, 1.82) is 0 Å². The van der Waals surface area contributed by atoms with Crippen LogP contribution in [0.4, 0.5) is 0 Å². The van der Waals surface area contributed by atoms with E-state index in [1.165, 1.54) is 6.07 Å². The largest absolute Gasteiger partial charge is 0.507 e. The summed E-state index contributed by atoms with van der Waals surface area (Å²) in [6.45, 7) is 1.66. The van der Waals surface area contributed by atoms with Gasteiger partial charge in [0.05, 0.1) is 20.6 Å². The number of rotatable bonds is 0. The van der Waals surface area contributed by atoms with E-state index in [1.807, 2.05) is 0 Å². The lowest BCUT2D eigenvalue weighted by Gasteiger charge is -2.15. The monoisotopic (exact) mass is 300 g/mol. The molecular formula is C11H6BrClO3. The summed E-state index contributed by atoms with van der Waals surface area (Å²) in [5.41, 5.74) is 0.604. The van der Waals surface area contributed by atoms with Gasteiger partial charge >= 0.3 is 0 Å². The van der Waals surface area contributed by atoms with E-state index in [9.17, 15) is 14.7 Å². The zero-order chi connectivity index (χ0) is 12.0. The molecule has 2 rings (SSSR count). The number of halogens is 2. The Labute approximate surface area is 105 Å². The van der Waals surface area contributed by atoms with Gasteiger partial charge in [-0.05, 0) is 34.5 Å². The molecule has 0 fully saturated rings. The summed E-state index contributed by atoms with van der Waals surface area (Å²) in [6, 6.07) is 1.37. The maximum atomic E-state index is 11.8. The van der Waals surface area contributed by atoms with Crippen molar-refractivity contribution in [2.45, 2.75) is 6.92 Å². The summed E-state index contributed by atoms with van der Waals surface area (Å²) in [4.78, 5) is 23.5. The fourth-order valence-corrected chi connectivity index (χ4v) is 2.26. The van der Waals surface area contributed by atoms with Crippen LogP contribution in [0.5, 0.6) is 5.75 Å². The van der Waals surface area contributed by atoms with Crippen molar-refractivity contribution in [3.8, 4) is 5.75 Å². The summed E-state index contributed by atoms with van der Waals surface area (Å²) < 4.78 is 0.125. The number of phenolic OH excluding ortho intramolecular Hbond substituents is 1. The van der Waals surface area contributed by atoms with E-state index in [-0.39, 0.29) is 32.2 Å². The highest BCUT2D eigenvalue weighted by Gasteiger charge is 2.30. The topological polar surface area (TPSA) is 54.4 Å². The highest BCUT2D eigenvalue weighted by Crippen LogP contribution is 2.37. The predicted molar refractivity (Wildman–Crippen MR) is 63.5 cm³/mol. The molecule has 0 radical (unpaired) electrons. The number of fused-ring (bicyclic) bond motifs is 1. The first-order chi connectivity index (χ1) is 7.43. The minimum Gasteiger partial charge on any atom is -0.507 e. The second kappa shape index (κ2) is 3.71. The minimum absolute atomic E-state index is 0.0324. The van der Waals surface area contributed by atoms with Gasteiger partial charge in [0, 0.05) is 6.08 Å². The number of aromatic hydroxyl groups is 1. The fraction of sp³-hybridized carbons (Fsp3) is 0.0909. The van der Waals surface area contributed by atoms with Crippen molar-refractivity contribution < 1.29 is 14.7 Å². The first-order valence-corrected chi connectivity index (χ1v) is 5.59. The number of Topliss-reactive ketones (excluding diaryl/α,β-unsaturated/α-hetero) is 1. The van der Waals surface area contributed by atoms with Crippen molar-refractivity contribution in [3.05, 3.63) is 38.3 Å². The number of phenols is 1. The highest BCUT2D eigenvalue weighted by molar-refractivity contribution is 9.12. The fourth-order valence-electron chi connectivity index (χ4n) is 1.61. The molecule has 0 saturated heterocycles. The Morgan fingerprint density at radius 3 is 2.56 bits per heavy atom. The molecule has 3 nitrogen and oxygen atoms in total. The van der Waals surface area contributed by atoms with Crippen molar-refractivity contribution >= 4 is 39.1 Å². The van der Waals surface area contributed by atoms with Crippen LogP contribution in [-0.4, -0.2) is 16.7 Å². The SMILES string of the molecule is Cc1cc(O)c2c(c1Cl)C(=O)C=C(Br)C2=O. The lowest BCUT2D eigenvalue weighted by atomic mass is 9.92. The second-order valence-corrected chi connectivity index (χ2v) is 4.69. The summed E-state index contributed by atoms with van der Waals surface area (Å²) in [5, 5.41) is 9.90. The molecule has 0 heterocycles. The Kier molecular flexibility index (Phi) is 2.64. The van der Waals surface area contributed by atoms with Crippen LogP contribution in [0.15, 0.2) is 16.6 Å². The van der Waals surface area contributed by atoms with Crippen LogP contribution >= 0.6 is 27.5 Å². The van der Waals surface area contributed by atoms with Gasteiger partial charge in [0.25, 0.3) is 0 Å². The molecule has 0 spiro atoms. The van der Waals surface area contributed by atoms with Crippen molar-refractivity contribution in [3.63, 3.8) is 0 Å². The molecule has 1 N–H and O–H groups in total. The van der Waals surface area contributed by atoms with E-state index in [0.717, 1.165) is 6.08 Å².